The van der Waals surface area contributed by atoms with Crippen LogP contribution in [0.1, 0.15) is 48.0 Å². The lowest BCUT2D eigenvalue weighted by Gasteiger charge is -2.26. The summed E-state index contributed by atoms with van der Waals surface area (Å²) in [5, 5.41) is 25.8. The Balaban J connectivity index is 4.99. The predicted octanol–water partition coefficient (Wildman–Crippen LogP) is -1.04. The van der Waals surface area contributed by atoms with E-state index in [1.807, 2.05) is 13.8 Å². The standard InChI is InChI=1S/C18H34N4O6/c1-8(2)7-12(19)16(25)20-10(5)15(24)21-13(9(3)4)17(26)22-14(11(6)23)18(27)28/h8-14,23H,7,19H2,1-6H3,(H,20,25)(H,21,24)(H,22,26)(H,27,28)/t10-,11+,12-,13-,14-/m0/s1. The van der Waals surface area contributed by atoms with E-state index in [-0.39, 0.29) is 11.8 Å². The number of carboxylic acids is 1. The third-order valence-corrected chi connectivity index (χ3v) is 4.11. The first-order valence-electron chi connectivity index (χ1n) is 9.35. The van der Waals surface area contributed by atoms with Gasteiger partial charge in [-0.2, -0.15) is 0 Å². The van der Waals surface area contributed by atoms with E-state index >= 15 is 0 Å². The van der Waals surface area contributed by atoms with Gasteiger partial charge < -0.3 is 31.9 Å². The molecule has 0 aromatic rings. The Morgan fingerprint density at radius 1 is 0.821 bits per heavy atom. The van der Waals surface area contributed by atoms with E-state index in [0.717, 1.165) is 0 Å². The van der Waals surface area contributed by atoms with Gasteiger partial charge in [0.15, 0.2) is 6.04 Å². The van der Waals surface area contributed by atoms with Crippen LogP contribution in [0.4, 0.5) is 0 Å². The number of carbonyl (C=O) groups excluding carboxylic acids is 3. The first-order chi connectivity index (χ1) is 12.8. The summed E-state index contributed by atoms with van der Waals surface area (Å²) in [6, 6.07) is -4.23. The minimum absolute atomic E-state index is 0.218. The molecular formula is C18H34N4O6. The Bertz CT molecular complexity index is 564. The molecule has 162 valence electrons. The zero-order valence-electron chi connectivity index (χ0n) is 17.4. The Morgan fingerprint density at radius 2 is 1.32 bits per heavy atom. The summed E-state index contributed by atoms with van der Waals surface area (Å²) in [5.41, 5.74) is 5.79. The Labute approximate surface area is 165 Å². The highest BCUT2D eigenvalue weighted by Crippen LogP contribution is 2.06. The van der Waals surface area contributed by atoms with Gasteiger partial charge >= 0.3 is 5.97 Å². The van der Waals surface area contributed by atoms with Crippen molar-refractivity contribution in [2.45, 2.75) is 78.2 Å². The summed E-state index contributed by atoms with van der Waals surface area (Å²) in [7, 11) is 0. The number of aliphatic hydroxyl groups excluding tert-OH is 1. The van der Waals surface area contributed by atoms with Crippen molar-refractivity contribution in [3.63, 3.8) is 0 Å². The fourth-order valence-corrected chi connectivity index (χ4v) is 2.45. The molecule has 10 heteroatoms. The summed E-state index contributed by atoms with van der Waals surface area (Å²) >= 11 is 0. The van der Waals surface area contributed by atoms with Crippen molar-refractivity contribution in [3.05, 3.63) is 0 Å². The molecule has 0 radical (unpaired) electrons. The highest BCUT2D eigenvalue weighted by atomic mass is 16.4. The first-order valence-corrected chi connectivity index (χ1v) is 9.35. The number of nitrogens with two attached hydrogens (primary N) is 1. The lowest BCUT2D eigenvalue weighted by molar-refractivity contribution is -0.145. The molecule has 0 aliphatic heterocycles. The largest absolute Gasteiger partial charge is 0.480 e. The summed E-state index contributed by atoms with van der Waals surface area (Å²) in [6.07, 6.45) is -0.849. The number of nitrogens with one attached hydrogen (secondary N) is 3. The number of rotatable bonds is 11. The van der Waals surface area contributed by atoms with Crippen LogP contribution in [0.3, 0.4) is 0 Å². The molecule has 0 unspecified atom stereocenters. The lowest BCUT2D eigenvalue weighted by atomic mass is 10.0. The molecule has 10 nitrogen and oxygen atoms in total. The maximum Gasteiger partial charge on any atom is 0.328 e. The van der Waals surface area contributed by atoms with Crippen LogP contribution in [0.25, 0.3) is 0 Å². The van der Waals surface area contributed by atoms with Gasteiger partial charge in [-0.1, -0.05) is 27.7 Å². The van der Waals surface area contributed by atoms with Crippen molar-refractivity contribution in [2.24, 2.45) is 17.6 Å². The fourth-order valence-electron chi connectivity index (χ4n) is 2.45. The van der Waals surface area contributed by atoms with Crippen molar-refractivity contribution in [2.75, 3.05) is 0 Å². The number of amides is 3. The summed E-state index contributed by atoms with van der Waals surface area (Å²) in [6.45, 7) is 9.88. The van der Waals surface area contributed by atoms with E-state index in [2.05, 4.69) is 16.0 Å². The molecule has 0 rings (SSSR count). The second-order valence-electron chi connectivity index (χ2n) is 7.76. The number of aliphatic hydroxyl groups is 1. The van der Waals surface area contributed by atoms with E-state index in [1.165, 1.54) is 13.8 Å². The number of hydrogen-bond donors (Lipinski definition) is 6. The summed E-state index contributed by atoms with van der Waals surface area (Å²) < 4.78 is 0. The first kappa shape index (κ1) is 25.8. The quantitative estimate of drug-likeness (QED) is 0.256. The monoisotopic (exact) mass is 402 g/mol. The molecule has 0 saturated heterocycles. The fraction of sp³-hybridized carbons (Fsp3) is 0.778. The average Bonchev–Trinajstić information content (AvgIpc) is 2.55. The molecule has 0 aromatic carbocycles. The van der Waals surface area contributed by atoms with Gasteiger partial charge in [-0.25, -0.2) is 4.79 Å². The molecule has 0 spiro atoms. The second-order valence-corrected chi connectivity index (χ2v) is 7.76. The Kier molecular flexibility index (Phi) is 10.7. The smallest absolute Gasteiger partial charge is 0.328 e. The molecule has 7 N–H and O–H groups in total. The Hall–Kier alpha value is -2.20. The van der Waals surface area contributed by atoms with Crippen molar-refractivity contribution < 1.29 is 29.4 Å². The molecule has 0 aromatic heterocycles. The molecule has 3 amide bonds. The number of carboxylic acid groups (broad SMARTS) is 1. The van der Waals surface area contributed by atoms with E-state index in [0.29, 0.717) is 6.42 Å². The summed E-state index contributed by atoms with van der Waals surface area (Å²) in [4.78, 5) is 48.0. The van der Waals surface area contributed by atoms with Crippen LogP contribution < -0.4 is 21.7 Å². The molecule has 0 aliphatic carbocycles. The number of aliphatic carboxylic acids is 1. The topological polar surface area (TPSA) is 171 Å². The molecule has 0 saturated carbocycles. The highest BCUT2D eigenvalue weighted by molar-refractivity contribution is 5.94. The molecule has 28 heavy (non-hydrogen) atoms. The van der Waals surface area contributed by atoms with Gasteiger partial charge in [-0.15, -0.1) is 0 Å². The Morgan fingerprint density at radius 3 is 1.71 bits per heavy atom. The van der Waals surface area contributed by atoms with Crippen molar-refractivity contribution in [1.82, 2.24) is 16.0 Å². The zero-order valence-corrected chi connectivity index (χ0v) is 17.4. The number of hydrogen-bond acceptors (Lipinski definition) is 6. The van der Waals surface area contributed by atoms with Gasteiger partial charge in [0.2, 0.25) is 17.7 Å². The molecule has 0 heterocycles. The minimum atomic E-state index is -1.50. The third-order valence-electron chi connectivity index (χ3n) is 4.11. The summed E-state index contributed by atoms with van der Waals surface area (Å²) in [5.74, 6) is -3.36. The van der Waals surface area contributed by atoms with Crippen LogP contribution in [-0.2, 0) is 19.2 Å². The van der Waals surface area contributed by atoms with E-state index in [1.54, 1.807) is 13.8 Å². The normalized spacial score (nSPS) is 16.6. The maximum absolute atomic E-state index is 12.4. The van der Waals surface area contributed by atoms with Gasteiger partial charge in [0.1, 0.15) is 12.1 Å². The van der Waals surface area contributed by atoms with Gasteiger partial charge in [-0.3, -0.25) is 14.4 Å². The van der Waals surface area contributed by atoms with Gasteiger partial charge in [-0.05, 0) is 32.1 Å². The van der Waals surface area contributed by atoms with Crippen LogP contribution in [-0.4, -0.2) is 64.2 Å². The zero-order chi connectivity index (χ0) is 22.2. The minimum Gasteiger partial charge on any atom is -0.480 e. The van der Waals surface area contributed by atoms with E-state index < -0.39 is 54.0 Å². The lowest BCUT2D eigenvalue weighted by Crippen LogP contribution is -2.59. The SMILES string of the molecule is CC(C)C[C@H](N)C(=O)N[C@@H](C)C(=O)N[C@H](C(=O)N[C@H](C(=O)O)[C@@H](C)O)C(C)C. The third kappa shape index (κ3) is 8.66. The molecule has 5 atom stereocenters. The highest BCUT2D eigenvalue weighted by Gasteiger charge is 2.32. The van der Waals surface area contributed by atoms with E-state index in [4.69, 9.17) is 10.8 Å². The van der Waals surface area contributed by atoms with Crippen molar-refractivity contribution >= 4 is 23.7 Å². The molecule has 0 aliphatic rings. The number of carbonyl (C=O) groups is 4. The van der Waals surface area contributed by atoms with Gasteiger partial charge in [0.25, 0.3) is 0 Å². The van der Waals surface area contributed by atoms with Crippen molar-refractivity contribution in [1.29, 1.82) is 0 Å². The van der Waals surface area contributed by atoms with Gasteiger partial charge in [0.05, 0.1) is 12.1 Å². The van der Waals surface area contributed by atoms with Gasteiger partial charge in [0, 0.05) is 0 Å². The van der Waals surface area contributed by atoms with Crippen molar-refractivity contribution in [3.8, 4) is 0 Å². The van der Waals surface area contributed by atoms with E-state index in [9.17, 15) is 24.3 Å². The molecule has 0 bridgehead atoms. The second kappa shape index (κ2) is 11.6. The maximum atomic E-state index is 12.4. The van der Waals surface area contributed by atoms with Crippen LogP contribution in [0, 0.1) is 11.8 Å². The average molecular weight is 402 g/mol. The van der Waals surface area contributed by atoms with Crippen LogP contribution in [0.5, 0.6) is 0 Å². The van der Waals surface area contributed by atoms with Crippen LogP contribution >= 0.6 is 0 Å². The van der Waals surface area contributed by atoms with Crippen LogP contribution in [0.2, 0.25) is 0 Å². The predicted molar refractivity (Wildman–Crippen MR) is 103 cm³/mol. The molecular weight excluding hydrogens is 368 g/mol. The molecule has 0 fully saturated rings. The van der Waals surface area contributed by atoms with Crippen LogP contribution in [0.15, 0.2) is 0 Å².